The van der Waals surface area contributed by atoms with Crippen LogP contribution in [0.3, 0.4) is 0 Å². The number of hydrogen-bond acceptors (Lipinski definition) is 4. The second kappa shape index (κ2) is 8.85. The number of aliphatic hydroxyl groups is 1. The molecule has 0 spiro atoms. The molecule has 0 saturated carbocycles. The molecule has 0 amide bonds. The van der Waals surface area contributed by atoms with Crippen molar-refractivity contribution in [2.45, 2.75) is 6.54 Å². The van der Waals surface area contributed by atoms with Gasteiger partial charge in [0.15, 0.2) is 0 Å². The van der Waals surface area contributed by atoms with Gasteiger partial charge < -0.3 is 14.9 Å². The van der Waals surface area contributed by atoms with Crippen LogP contribution in [-0.2, 0) is 6.54 Å². The molecule has 1 N–H and O–H groups in total. The van der Waals surface area contributed by atoms with E-state index in [0.29, 0.717) is 12.5 Å². The summed E-state index contributed by atoms with van der Waals surface area (Å²) in [5.74, 6) is -0.525. The second-order valence-corrected chi connectivity index (χ2v) is 7.16. The van der Waals surface area contributed by atoms with Crippen LogP contribution in [0.4, 0.5) is 8.78 Å². The van der Waals surface area contributed by atoms with Crippen LogP contribution in [0.25, 0.3) is 0 Å². The first-order chi connectivity index (χ1) is 11.4. The molecular weight excluding hydrogens is 312 g/mol. The molecule has 0 radical (unpaired) electrons. The highest BCUT2D eigenvalue weighted by Crippen LogP contribution is 2.26. The van der Waals surface area contributed by atoms with E-state index in [1.165, 1.54) is 18.2 Å². The fourth-order valence-electron chi connectivity index (χ4n) is 3.35. The van der Waals surface area contributed by atoms with Crippen molar-refractivity contribution in [2.75, 3.05) is 60.5 Å². The lowest BCUT2D eigenvalue weighted by atomic mass is 9.96. The van der Waals surface area contributed by atoms with Crippen molar-refractivity contribution in [3.05, 3.63) is 35.4 Å². The molecular formula is C18H29F2N3O. The Kier molecular flexibility index (Phi) is 7.10. The molecule has 2 rings (SSSR count). The topological polar surface area (TPSA) is 30.0 Å². The molecule has 0 unspecified atom stereocenters. The molecule has 136 valence electrons. The standard InChI is InChI=1S/C18H29F2N3O/c1-21(2)7-8-22(3)9-14-10-23(11-15(14)13-24)12-16-17(19)5-4-6-18(16)20/h4-6,14-15,24H,7-13H2,1-3H3/t14-,15-/m1/s1. The summed E-state index contributed by atoms with van der Waals surface area (Å²) in [7, 11) is 6.17. The highest BCUT2D eigenvalue weighted by atomic mass is 19.1. The van der Waals surface area contributed by atoms with E-state index in [1.807, 2.05) is 19.0 Å². The van der Waals surface area contributed by atoms with Gasteiger partial charge in [-0.2, -0.15) is 0 Å². The third-order valence-electron chi connectivity index (χ3n) is 4.81. The minimum atomic E-state index is -0.498. The molecule has 2 atom stereocenters. The van der Waals surface area contributed by atoms with Crippen LogP contribution in [0.1, 0.15) is 5.56 Å². The summed E-state index contributed by atoms with van der Waals surface area (Å²) in [6.45, 7) is 4.63. The van der Waals surface area contributed by atoms with Crippen molar-refractivity contribution in [3.63, 3.8) is 0 Å². The summed E-state index contributed by atoms with van der Waals surface area (Å²) in [5, 5.41) is 9.66. The zero-order chi connectivity index (χ0) is 17.7. The Bertz CT molecular complexity index is 507. The smallest absolute Gasteiger partial charge is 0.130 e. The Balaban J connectivity index is 1.93. The number of halogens is 2. The zero-order valence-corrected chi connectivity index (χ0v) is 14.9. The lowest BCUT2D eigenvalue weighted by Crippen LogP contribution is -2.35. The van der Waals surface area contributed by atoms with E-state index in [0.717, 1.165) is 26.2 Å². The molecule has 1 fully saturated rings. The summed E-state index contributed by atoms with van der Waals surface area (Å²) in [6, 6.07) is 3.98. The van der Waals surface area contributed by atoms with Crippen molar-refractivity contribution in [1.29, 1.82) is 0 Å². The van der Waals surface area contributed by atoms with Crippen molar-refractivity contribution in [1.82, 2.24) is 14.7 Å². The maximum Gasteiger partial charge on any atom is 0.130 e. The van der Waals surface area contributed by atoms with Crippen LogP contribution in [0.2, 0.25) is 0 Å². The SMILES string of the molecule is CN(C)CCN(C)C[C@@H]1CN(Cc2c(F)cccc2F)C[C@@H]1CO. The molecule has 0 aromatic heterocycles. The lowest BCUT2D eigenvalue weighted by Gasteiger charge is -2.25. The quantitative estimate of drug-likeness (QED) is 0.776. The maximum absolute atomic E-state index is 13.8. The molecule has 4 nitrogen and oxygen atoms in total. The Morgan fingerprint density at radius 1 is 1.08 bits per heavy atom. The van der Waals surface area contributed by atoms with Gasteiger partial charge in [-0.15, -0.1) is 0 Å². The largest absolute Gasteiger partial charge is 0.396 e. The minimum absolute atomic E-state index is 0.114. The number of benzene rings is 1. The monoisotopic (exact) mass is 341 g/mol. The highest BCUT2D eigenvalue weighted by molar-refractivity contribution is 5.19. The van der Waals surface area contributed by atoms with Gasteiger partial charge in [0.05, 0.1) is 0 Å². The average Bonchev–Trinajstić information content (AvgIpc) is 2.90. The summed E-state index contributed by atoms with van der Waals surface area (Å²) >= 11 is 0. The highest BCUT2D eigenvalue weighted by Gasteiger charge is 2.33. The van der Waals surface area contributed by atoms with Crippen molar-refractivity contribution >= 4 is 0 Å². The molecule has 1 aliphatic heterocycles. The minimum Gasteiger partial charge on any atom is -0.396 e. The first-order valence-electron chi connectivity index (χ1n) is 8.50. The fourth-order valence-corrected chi connectivity index (χ4v) is 3.35. The van der Waals surface area contributed by atoms with E-state index in [9.17, 15) is 13.9 Å². The van der Waals surface area contributed by atoms with Gasteiger partial charge in [-0.3, -0.25) is 4.90 Å². The number of likely N-dealkylation sites (tertiary alicyclic amines) is 1. The molecule has 1 aromatic rings. The van der Waals surface area contributed by atoms with Crippen LogP contribution < -0.4 is 0 Å². The lowest BCUT2D eigenvalue weighted by molar-refractivity contribution is 0.171. The molecule has 1 aromatic carbocycles. The predicted octanol–water partition coefficient (Wildman–Crippen LogP) is 1.50. The molecule has 0 aliphatic carbocycles. The summed E-state index contributed by atoms with van der Waals surface area (Å²) in [6.07, 6.45) is 0. The third-order valence-corrected chi connectivity index (χ3v) is 4.81. The molecule has 24 heavy (non-hydrogen) atoms. The van der Waals surface area contributed by atoms with E-state index < -0.39 is 11.6 Å². The van der Waals surface area contributed by atoms with Crippen molar-refractivity contribution in [3.8, 4) is 0 Å². The van der Waals surface area contributed by atoms with Gasteiger partial charge in [0.1, 0.15) is 11.6 Å². The van der Waals surface area contributed by atoms with E-state index >= 15 is 0 Å². The molecule has 1 heterocycles. The predicted molar refractivity (Wildman–Crippen MR) is 91.8 cm³/mol. The number of hydrogen-bond donors (Lipinski definition) is 1. The van der Waals surface area contributed by atoms with Gasteiger partial charge in [-0.1, -0.05) is 6.07 Å². The average molecular weight is 341 g/mol. The Morgan fingerprint density at radius 2 is 1.71 bits per heavy atom. The Labute approximate surface area is 143 Å². The van der Waals surface area contributed by atoms with Crippen LogP contribution in [-0.4, -0.2) is 80.3 Å². The second-order valence-electron chi connectivity index (χ2n) is 7.16. The first kappa shape index (κ1) is 19.2. The van der Waals surface area contributed by atoms with Gasteiger partial charge >= 0.3 is 0 Å². The Morgan fingerprint density at radius 3 is 2.29 bits per heavy atom. The summed E-state index contributed by atoms with van der Waals surface area (Å²) in [4.78, 5) is 6.45. The van der Waals surface area contributed by atoms with E-state index in [1.54, 1.807) is 0 Å². The van der Waals surface area contributed by atoms with Crippen LogP contribution >= 0.6 is 0 Å². The molecule has 1 aliphatic rings. The Hall–Kier alpha value is -1.08. The first-order valence-corrected chi connectivity index (χ1v) is 8.50. The van der Waals surface area contributed by atoms with Gasteiger partial charge in [-0.05, 0) is 45.1 Å². The summed E-state index contributed by atoms with van der Waals surface area (Å²) in [5.41, 5.74) is 0.121. The summed E-state index contributed by atoms with van der Waals surface area (Å²) < 4.78 is 27.7. The normalized spacial score (nSPS) is 22.0. The van der Waals surface area contributed by atoms with E-state index in [-0.39, 0.29) is 24.6 Å². The maximum atomic E-state index is 13.8. The van der Waals surface area contributed by atoms with Crippen LogP contribution in [0.5, 0.6) is 0 Å². The van der Waals surface area contributed by atoms with E-state index in [4.69, 9.17) is 0 Å². The molecule has 0 bridgehead atoms. The van der Waals surface area contributed by atoms with Crippen LogP contribution in [0, 0.1) is 23.5 Å². The number of nitrogens with zero attached hydrogens (tertiary/aromatic N) is 3. The van der Waals surface area contributed by atoms with Gasteiger partial charge in [-0.25, -0.2) is 8.78 Å². The third kappa shape index (κ3) is 5.21. The number of likely N-dealkylation sites (N-methyl/N-ethyl adjacent to an activating group) is 2. The number of rotatable bonds is 8. The van der Waals surface area contributed by atoms with Gasteiger partial charge in [0.2, 0.25) is 0 Å². The van der Waals surface area contributed by atoms with Crippen molar-refractivity contribution in [2.24, 2.45) is 11.8 Å². The molecule has 6 heteroatoms. The van der Waals surface area contributed by atoms with Crippen molar-refractivity contribution < 1.29 is 13.9 Å². The van der Waals surface area contributed by atoms with Gasteiger partial charge in [0, 0.05) is 51.4 Å². The number of aliphatic hydroxyl groups excluding tert-OH is 1. The van der Waals surface area contributed by atoms with E-state index in [2.05, 4.69) is 16.8 Å². The zero-order valence-electron chi connectivity index (χ0n) is 14.9. The fraction of sp³-hybridized carbons (Fsp3) is 0.667. The van der Waals surface area contributed by atoms with Gasteiger partial charge in [0.25, 0.3) is 0 Å². The molecule has 1 saturated heterocycles. The van der Waals surface area contributed by atoms with Crippen LogP contribution in [0.15, 0.2) is 18.2 Å².